The summed E-state index contributed by atoms with van der Waals surface area (Å²) in [6.07, 6.45) is 7.69. The van der Waals surface area contributed by atoms with Gasteiger partial charge in [-0.2, -0.15) is 0 Å². The predicted octanol–water partition coefficient (Wildman–Crippen LogP) is 4.16. The number of nitrogens with zero attached hydrogens (tertiary/aromatic N) is 4. The molecular formula is C29H32N6O2. The second-order valence-corrected chi connectivity index (χ2v) is 10.3. The quantitative estimate of drug-likeness (QED) is 0.379. The number of anilines is 1. The van der Waals surface area contributed by atoms with Gasteiger partial charge in [-0.05, 0) is 61.4 Å². The van der Waals surface area contributed by atoms with E-state index in [1.54, 1.807) is 0 Å². The monoisotopic (exact) mass is 496 g/mol. The second-order valence-electron chi connectivity index (χ2n) is 10.3. The highest BCUT2D eigenvalue weighted by atomic mass is 16.5. The number of hydrogen-bond donors (Lipinski definition) is 2. The van der Waals surface area contributed by atoms with Crippen LogP contribution >= 0.6 is 0 Å². The number of hydrogen-bond acceptors (Lipinski definition) is 6. The summed E-state index contributed by atoms with van der Waals surface area (Å²) < 4.78 is 8.34. The second kappa shape index (κ2) is 9.86. The topological polar surface area (TPSA) is 112 Å². The Morgan fingerprint density at radius 3 is 2.73 bits per heavy atom. The fraction of sp³-hybridized carbons (Fsp3) is 0.345. The number of amides is 1. The van der Waals surface area contributed by atoms with Gasteiger partial charge in [-0.15, -0.1) is 0 Å². The average Bonchev–Trinajstić information content (AvgIpc) is 3.51. The normalized spacial score (nSPS) is 21.7. The average molecular weight is 497 g/mol. The molecule has 1 aliphatic heterocycles. The van der Waals surface area contributed by atoms with Crippen LogP contribution in [0.3, 0.4) is 0 Å². The number of primary amides is 1. The van der Waals surface area contributed by atoms with Crippen molar-refractivity contribution in [3.8, 4) is 16.9 Å². The molecule has 2 aromatic heterocycles. The third-order valence-electron chi connectivity index (χ3n) is 7.82. The van der Waals surface area contributed by atoms with Crippen LogP contribution in [0, 0.1) is 5.92 Å². The SMILES string of the molecule is NC(=O)[C@H]1CCCN1C[C@H]1C[C@@H](n2cc(-c3cccc(OCc4ccccc4)c3)c3c(N)ncnc32)C1. The minimum Gasteiger partial charge on any atom is -0.489 e. The third-order valence-corrected chi connectivity index (χ3v) is 7.82. The summed E-state index contributed by atoms with van der Waals surface area (Å²) in [5.41, 5.74) is 16.0. The van der Waals surface area contributed by atoms with Gasteiger partial charge in [-0.3, -0.25) is 9.69 Å². The Morgan fingerprint density at radius 2 is 1.92 bits per heavy atom. The van der Waals surface area contributed by atoms with Crippen molar-refractivity contribution in [3.05, 3.63) is 72.7 Å². The minimum absolute atomic E-state index is 0.109. The van der Waals surface area contributed by atoms with Gasteiger partial charge in [0.05, 0.1) is 11.4 Å². The highest BCUT2D eigenvalue weighted by Gasteiger charge is 2.37. The standard InChI is InChI=1S/C29H32N6O2/c30-27-26-24(21-8-4-9-23(14-21)37-17-19-6-2-1-3-7-19)16-35(29(26)33-18-32-27)22-12-20(13-22)15-34-11-5-10-25(34)28(31)36/h1-4,6-9,14,16,18,20,22,25H,5,10-13,15,17H2,(H2,31,36)(H2,30,32,33)/t20-,22+,25-/m1/s1. The fourth-order valence-corrected chi connectivity index (χ4v) is 5.88. The smallest absolute Gasteiger partial charge is 0.234 e. The summed E-state index contributed by atoms with van der Waals surface area (Å²) in [6.45, 7) is 2.39. The summed E-state index contributed by atoms with van der Waals surface area (Å²) in [5, 5.41) is 0.875. The lowest BCUT2D eigenvalue weighted by Crippen LogP contribution is -2.44. The number of nitrogen functional groups attached to an aromatic ring is 1. The molecule has 2 aliphatic rings. The Bertz CT molecular complexity index is 1410. The Balaban J connectivity index is 1.22. The van der Waals surface area contributed by atoms with Crippen molar-refractivity contribution in [1.82, 2.24) is 19.4 Å². The predicted molar refractivity (Wildman–Crippen MR) is 144 cm³/mol. The van der Waals surface area contributed by atoms with Gasteiger partial charge in [0.25, 0.3) is 0 Å². The number of rotatable bonds is 8. The number of carbonyl (C=O) groups excluding carboxylic acids is 1. The molecule has 3 heterocycles. The van der Waals surface area contributed by atoms with Gasteiger partial charge in [-0.25, -0.2) is 9.97 Å². The van der Waals surface area contributed by atoms with E-state index >= 15 is 0 Å². The van der Waals surface area contributed by atoms with Crippen molar-refractivity contribution in [1.29, 1.82) is 0 Å². The Hall–Kier alpha value is -3.91. The van der Waals surface area contributed by atoms with Crippen LogP contribution in [0.15, 0.2) is 67.1 Å². The van der Waals surface area contributed by atoms with Gasteiger partial charge in [-0.1, -0.05) is 42.5 Å². The molecule has 1 amide bonds. The lowest BCUT2D eigenvalue weighted by Gasteiger charge is -2.39. The van der Waals surface area contributed by atoms with E-state index in [1.807, 2.05) is 30.3 Å². The molecule has 190 valence electrons. The molecule has 37 heavy (non-hydrogen) atoms. The number of carbonyl (C=O) groups is 1. The molecule has 0 radical (unpaired) electrons. The van der Waals surface area contributed by atoms with Gasteiger partial charge >= 0.3 is 0 Å². The molecule has 1 saturated heterocycles. The molecule has 1 atom stereocenters. The van der Waals surface area contributed by atoms with Crippen molar-refractivity contribution in [2.75, 3.05) is 18.8 Å². The summed E-state index contributed by atoms with van der Waals surface area (Å²) in [5.74, 6) is 1.62. The lowest BCUT2D eigenvalue weighted by atomic mass is 9.79. The molecule has 8 nitrogen and oxygen atoms in total. The first-order valence-corrected chi connectivity index (χ1v) is 13.0. The molecule has 0 bridgehead atoms. The minimum atomic E-state index is -0.198. The zero-order valence-electron chi connectivity index (χ0n) is 20.8. The van der Waals surface area contributed by atoms with Crippen molar-refractivity contribution in [2.24, 2.45) is 11.7 Å². The van der Waals surface area contributed by atoms with Gasteiger partial charge in [0.1, 0.15) is 30.1 Å². The number of likely N-dealkylation sites (tertiary alicyclic amines) is 1. The van der Waals surface area contributed by atoms with Crippen LogP contribution < -0.4 is 16.2 Å². The lowest BCUT2D eigenvalue weighted by molar-refractivity contribution is -0.122. The molecule has 1 aliphatic carbocycles. The Labute approximate surface area is 216 Å². The fourth-order valence-electron chi connectivity index (χ4n) is 5.88. The molecule has 4 aromatic rings. The first kappa shape index (κ1) is 23.5. The number of fused-ring (bicyclic) bond motifs is 1. The Morgan fingerprint density at radius 1 is 1.08 bits per heavy atom. The van der Waals surface area contributed by atoms with E-state index in [0.717, 1.165) is 72.2 Å². The van der Waals surface area contributed by atoms with Crippen molar-refractivity contribution in [3.63, 3.8) is 0 Å². The maximum Gasteiger partial charge on any atom is 0.234 e. The van der Waals surface area contributed by atoms with E-state index in [9.17, 15) is 4.79 Å². The highest BCUT2D eigenvalue weighted by molar-refractivity contribution is 6.00. The van der Waals surface area contributed by atoms with E-state index in [0.29, 0.717) is 24.4 Å². The first-order chi connectivity index (χ1) is 18.1. The van der Waals surface area contributed by atoms with Crippen LogP contribution in [0.1, 0.15) is 37.3 Å². The van der Waals surface area contributed by atoms with Gasteiger partial charge in [0.15, 0.2) is 0 Å². The molecule has 8 heteroatoms. The van der Waals surface area contributed by atoms with Crippen LogP contribution in [-0.4, -0.2) is 44.5 Å². The van der Waals surface area contributed by atoms with E-state index in [4.69, 9.17) is 16.2 Å². The summed E-state index contributed by atoms with van der Waals surface area (Å²) in [4.78, 5) is 23.0. The van der Waals surface area contributed by atoms with Crippen molar-refractivity contribution in [2.45, 2.75) is 44.4 Å². The highest BCUT2D eigenvalue weighted by Crippen LogP contribution is 2.44. The van der Waals surface area contributed by atoms with E-state index in [2.05, 4.69) is 49.9 Å². The maximum absolute atomic E-state index is 11.8. The van der Waals surface area contributed by atoms with E-state index in [1.165, 1.54) is 6.33 Å². The first-order valence-electron chi connectivity index (χ1n) is 13.0. The third kappa shape index (κ3) is 4.64. The van der Waals surface area contributed by atoms with E-state index < -0.39 is 0 Å². The largest absolute Gasteiger partial charge is 0.489 e. The summed E-state index contributed by atoms with van der Waals surface area (Å²) in [6, 6.07) is 18.5. The molecule has 4 N–H and O–H groups in total. The van der Waals surface area contributed by atoms with Crippen LogP contribution in [0.5, 0.6) is 5.75 Å². The number of benzene rings is 2. The Kier molecular flexibility index (Phi) is 6.26. The van der Waals surface area contributed by atoms with Crippen LogP contribution in [-0.2, 0) is 11.4 Å². The van der Waals surface area contributed by atoms with Crippen molar-refractivity contribution >= 4 is 22.8 Å². The zero-order chi connectivity index (χ0) is 25.4. The number of nitrogens with two attached hydrogens (primary N) is 2. The molecular weight excluding hydrogens is 464 g/mol. The molecule has 2 aromatic carbocycles. The van der Waals surface area contributed by atoms with Crippen LogP contribution in [0.2, 0.25) is 0 Å². The number of aromatic nitrogens is 3. The molecule has 2 fully saturated rings. The maximum atomic E-state index is 11.8. The van der Waals surface area contributed by atoms with Gasteiger partial charge in [0.2, 0.25) is 5.91 Å². The van der Waals surface area contributed by atoms with Crippen LogP contribution in [0.25, 0.3) is 22.2 Å². The number of ether oxygens (including phenoxy) is 1. The summed E-state index contributed by atoms with van der Waals surface area (Å²) >= 11 is 0. The molecule has 1 saturated carbocycles. The zero-order valence-corrected chi connectivity index (χ0v) is 20.8. The molecule has 0 unspecified atom stereocenters. The van der Waals surface area contributed by atoms with Crippen molar-refractivity contribution < 1.29 is 9.53 Å². The molecule has 0 spiro atoms. The van der Waals surface area contributed by atoms with E-state index in [-0.39, 0.29) is 11.9 Å². The molecule has 6 rings (SSSR count). The van der Waals surface area contributed by atoms with Crippen LogP contribution in [0.4, 0.5) is 5.82 Å². The van der Waals surface area contributed by atoms with Gasteiger partial charge < -0.3 is 20.8 Å². The van der Waals surface area contributed by atoms with Gasteiger partial charge in [0, 0.05) is 24.3 Å². The summed E-state index contributed by atoms with van der Waals surface area (Å²) in [7, 11) is 0.